The maximum absolute atomic E-state index is 13.3. The summed E-state index contributed by atoms with van der Waals surface area (Å²) in [6.07, 6.45) is -0.736. The Labute approximate surface area is 148 Å². The Morgan fingerprint density at radius 2 is 2.04 bits per heavy atom. The van der Waals surface area contributed by atoms with Crippen LogP contribution in [-0.4, -0.2) is 50.9 Å². The van der Waals surface area contributed by atoms with Gasteiger partial charge in [-0.3, -0.25) is 4.79 Å². The van der Waals surface area contributed by atoms with Gasteiger partial charge in [0, 0.05) is 24.8 Å². The molecule has 2 aromatic heterocycles. The largest absolute Gasteiger partial charge is 0.435 e. The first kappa shape index (κ1) is 18.4. The zero-order valence-corrected chi connectivity index (χ0v) is 14.3. The highest BCUT2D eigenvalue weighted by Gasteiger charge is 2.39. The van der Waals surface area contributed by atoms with E-state index < -0.39 is 11.9 Å². The number of halogens is 3. The van der Waals surface area contributed by atoms with Gasteiger partial charge in [-0.05, 0) is 37.8 Å². The highest BCUT2D eigenvalue weighted by molar-refractivity contribution is 5.92. The number of pyridine rings is 1. The molecule has 0 aromatic carbocycles. The minimum Gasteiger partial charge on any atom is -0.395 e. The van der Waals surface area contributed by atoms with E-state index in [1.165, 1.54) is 35.0 Å². The Balaban J connectivity index is 1.95. The lowest BCUT2D eigenvalue weighted by molar-refractivity contribution is -0.142. The summed E-state index contributed by atoms with van der Waals surface area (Å²) in [4.78, 5) is 17.5. The third-order valence-electron chi connectivity index (χ3n) is 4.44. The molecular formula is C17H19F3N4O2. The zero-order valence-electron chi connectivity index (χ0n) is 14.3. The predicted molar refractivity (Wildman–Crippen MR) is 87.0 cm³/mol. The smallest absolute Gasteiger partial charge is 0.395 e. The van der Waals surface area contributed by atoms with E-state index in [-0.39, 0.29) is 30.3 Å². The molecule has 3 rings (SSSR count). The number of hydrogen-bond donors (Lipinski definition) is 1. The van der Waals surface area contributed by atoms with Gasteiger partial charge in [0.05, 0.1) is 18.5 Å². The third-order valence-corrected chi connectivity index (χ3v) is 4.44. The molecule has 1 aliphatic rings. The monoisotopic (exact) mass is 368 g/mol. The number of nitrogens with zero attached hydrogens (tertiary/aromatic N) is 4. The van der Waals surface area contributed by atoms with Gasteiger partial charge < -0.3 is 10.0 Å². The highest BCUT2D eigenvalue weighted by Crippen LogP contribution is 2.36. The standard InChI is InChI=1S/C17H19F3N4O2/c1-23(8-9-25)16(26)13-7-6-11(10-21-13)24-14-5-3-2-4-12(14)15(22-24)17(18,19)20/h6-7,10,25H,2-5,8-9H2,1H3. The number of amides is 1. The Morgan fingerprint density at radius 3 is 2.65 bits per heavy atom. The van der Waals surface area contributed by atoms with Gasteiger partial charge in [-0.25, -0.2) is 9.67 Å². The minimum atomic E-state index is -4.50. The predicted octanol–water partition coefficient (Wildman–Crippen LogP) is 2.23. The van der Waals surface area contributed by atoms with E-state index >= 15 is 0 Å². The molecule has 0 spiro atoms. The van der Waals surface area contributed by atoms with Crippen LogP contribution in [0.2, 0.25) is 0 Å². The lowest BCUT2D eigenvalue weighted by Gasteiger charge is -2.16. The van der Waals surface area contributed by atoms with E-state index in [0.29, 0.717) is 30.6 Å². The number of carbonyl (C=O) groups is 1. The van der Waals surface area contributed by atoms with E-state index in [1.807, 2.05) is 0 Å². The molecule has 6 nitrogen and oxygen atoms in total. The average molecular weight is 368 g/mol. The first-order valence-electron chi connectivity index (χ1n) is 8.33. The molecule has 0 aliphatic heterocycles. The van der Waals surface area contributed by atoms with Gasteiger partial charge in [-0.15, -0.1) is 0 Å². The number of aliphatic hydroxyl groups is 1. The van der Waals surface area contributed by atoms with Crippen molar-refractivity contribution in [2.75, 3.05) is 20.2 Å². The molecule has 9 heteroatoms. The van der Waals surface area contributed by atoms with Crippen molar-refractivity contribution in [1.82, 2.24) is 19.7 Å². The van der Waals surface area contributed by atoms with E-state index in [9.17, 15) is 18.0 Å². The molecule has 0 saturated carbocycles. The van der Waals surface area contributed by atoms with Crippen molar-refractivity contribution in [2.45, 2.75) is 31.9 Å². The number of likely N-dealkylation sites (N-methyl/N-ethyl adjacent to an activating group) is 1. The second-order valence-corrected chi connectivity index (χ2v) is 6.24. The Hall–Kier alpha value is -2.42. The topological polar surface area (TPSA) is 71.2 Å². The van der Waals surface area contributed by atoms with Gasteiger partial charge in [0.15, 0.2) is 5.69 Å². The van der Waals surface area contributed by atoms with Crippen molar-refractivity contribution < 1.29 is 23.1 Å². The Morgan fingerprint density at radius 1 is 1.31 bits per heavy atom. The van der Waals surface area contributed by atoms with Crippen LogP contribution in [0.15, 0.2) is 18.3 Å². The van der Waals surface area contributed by atoms with Crippen LogP contribution in [0.25, 0.3) is 5.69 Å². The number of aliphatic hydroxyl groups excluding tert-OH is 1. The second kappa shape index (κ2) is 7.06. The number of carbonyl (C=O) groups excluding carboxylic acids is 1. The number of fused-ring (bicyclic) bond motifs is 1. The summed E-state index contributed by atoms with van der Waals surface area (Å²) < 4.78 is 41.1. The SMILES string of the molecule is CN(CCO)C(=O)c1ccc(-n2nc(C(F)(F)F)c3c2CCCC3)cn1. The quantitative estimate of drug-likeness (QED) is 0.898. The summed E-state index contributed by atoms with van der Waals surface area (Å²) in [6, 6.07) is 2.99. The summed E-state index contributed by atoms with van der Waals surface area (Å²) in [7, 11) is 1.54. The minimum absolute atomic E-state index is 0.154. The summed E-state index contributed by atoms with van der Waals surface area (Å²) >= 11 is 0. The fraction of sp³-hybridized carbons (Fsp3) is 0.471. The molecule has 1 amide bonds. The van der Waals surface area contributed by atoms with E-state index in [4.69, 9.17) is 5.11 Å². The summed E-state index contributed by atoms with van der Waals surface area (Å²) in [6.45, 7) is 0.00381. The van der Waals surface area contributed by atoms with Crippen molar-refractivity contribution in [3.63, 3.8) is 0 Å². The molecular weight excluding hydrogens is 349 g/mol. The normalized spacial score (nSPS) is 14.2. The van der Waals surface area contributed by atoms with Crippen molar-refractivity contribution in [1.29, 1.82) is 0 Å². The van der Waals surface area contributed by atoms with Crippen molar-refractivity contribution in [3.05, 3.63) is 41.0 Å². The third kappa shape index (κ3) is 3.44. The van der Waals surface area contributed by atoms with Crippen molar-refractivity contribution in [2.24, 2.45) is 0 Å². The van der Waals surface area contributed by atoms with Gasteiger partial charge in [0.1, 0.15) is 5.69 Å². The van der Waals surface area contributed by atoms with Crippen LogP contribution in [0, 0.1) is 0 Å². The maximum Gasteiger partial charge on any atom is 0.435 e. The first-order chi connectivity index (χ1) is 12.3. The van der Waals surface area contributed by atoms with Gasteiger partial charge in [0.25, 0.3) is 5.91 Å². The van der Waals surface area contributed by atoms with Crippen LogP contribution in [0.3, 0.4) is 0 Å². The Kier molecular flexibility index (Phi) is 4.99. The molecule has 0 bridgehead atoms. The van der Waals surface area contributed by atoms with E-state index in [0.717, 1.165) is 6.42 Å². The summed E-state index contributed by atoms with van der Waals surface area (Å²) in [5.41, 5.74) is 0.519. The lowest BCUT2D eigenvalue weighted by Crippen LogP contribution is -2.30. The summed E-state index contributed by atoms with van der Waals surface area (Å²) in [5.74, 6) is -0.371. The van der Waals surface area contributed by atoms with Crippen molar-refractivity contribution >= 4 is 5.91 Å². The van der Waals surface area contributed by atoms with Crippen LogP contribution >= 0.6 is 0 Å². The fourth-order valence-electron chi connectivity index (χ4n) is 3.13. The maximum atomic E-state index is 13.3. The molecule has 1 aliphatic carbocycles. The molecule has 0 fully saturated rings. The molecule has 1 N–H and O–H groups in total. The number of hydrogen-bond acceptors (Lipinski definition) is 4. The lowest BCUT2D eigenvalue weighted by atomic mass is 9.95. The van der Waals surface area contributed by atoms with Crippen molar-refractivity contribution in [3.8, 4) is 5.69 Å². The summed E-state index contributed by atoms with van der Waals surface area (Å²) in [5, 5.41) is 12.7. The van der Waals surface area contributed by atoms with Crippen LogP contribution < -0.4 is 0 Å². The molecule has 26 heavy (non-hydrogen) atoms. The highest BCUT2D eigenvalue weighted by atomic mass is 19.4. The van der Waals surface area contributed by atoms with Crippen LogP contribution in [0.1, 0.15) is 40.3 Å². The number of alkyl halides is 3. The number of rotatable bonds is 4. The van der Waals surface area contributed by atoms with Crippen LogP contribution in [-0.2, 0) is 19.0 Å². The molecule has 2 heterocycles. The molecule has 0 atom stereocenters. The van der Waals surface area contributed by atoms with Gasteiger partial charge >= 0.3 is 6.18 Å². The molecule has 0 unspecified atom stereocenters. The average Bonchev–Trinajstić information content (AvgIpc) is 3.01. The van der Waals surface area contributed by atoms with Gasteiger partial charge in [-0.2, -0.15) is 18.3 Å². The molecule has 0 radical (unpaired) electrons. The first-order valence-corrected chi connectivity index (χ1v) is 8.33. The molecule has 0 saturated heterocycles. The molecule has 2 aromatic rings. The van der Waals surface area contributed by atoms with E-state index in [2.05, 4.69) is 10.1 Å². The van der Waals surface area contributed by atoms with Crippen LogP contribution in [0.4, 0.5) is 13.2 Å². The zero-order chi connectivity index (χ0) is 18.9. The van der Waals surface area contributed by atoms with Gasteiger partial charge in [-0.1, -0.05) is 0 Å². The van der Waals surface area contributed by atoms with Crippen LogP contribution in [0.5, 0.6) is 0 Å². The number of aromatic nitrogens is 3. The molecule has 140 valence electrons. The Bertz CT molecular complexity index is 800. The second-order valence-electron chi connectivity index (χ2n) is 6.24. The fourth-order valence-corrected chi connectivity index (χ4v) is 3.13. The van der Waals surface area contributed by atoms with Gasteiger partial charge in [0.2, 0.25) is 0 Å². The van der Waals surface area contributed by atoms with E-state index in [1.54, 1.807) is 0 Å².